The van der Waals surface area contributed by atoms with Crippen molar-refractivity contribution in [3.63, 3.8) is 0 Å². The second-order valence-corrected chi connectivity index (χ2v) is 6.88. The zero-order valence-electron chi connectivity index (χ0n) is 16.3. The minimum atomic E-state index is -0.406. The molecule has 0 saturated heterocycles. The van der Waals surface area contributed by atoms with Gasteiger partial charge in [-0.05, 0) is 0 Å². The van der Waals surface area contributed by atoms with Gasteiger partial charge in [-0.25, -0.2) is 0 Å². The molecule has 0 aromatic heterocycles. The molecule has 2 atom stereocenters. The summed E-state index contributed by atoms with van der Waals surface area (Å²) in [7, 11) is 4.09. The lowest BCUT2D eigenvalue weighted by molar-refractivity contribution is -0.139. The molecule has 0 rings (SSSR count). The number of aliphatic hydroxyl groups excluding tert-OH is 2. The van der Waals surface area contributed by atoms with Gasteiger partial charge in [0.25, 0.3) is 13.0 Å². The Morgan fingerprint density at radius 3 is 2.07 bits per heavy atom. The fourth-order valence-corrected chi connectivity index (χ4v) is 2.34. The molecule has 0 spiro atoms. The summed E-state index contributed by atoms with van der Waals surface area (Å²) < 4.78 is 0. The van der Waals surface area contributed by atoms with Crippen LogP contribution in [0.4, 0.5) is 0 Å². The van der Waals surface area contributed by atoms with E-state index >= 15 is 0 Å². The van der Waals surface area contributed by atoms with Gasteiger partial charge in [-0.2, -0.15) is 0 Å². The normalized spacial score (nSPS) is 10.7. The fourth-order valence-electron chi connectivity index (χ4n) is 1.41. The molecule has 160 valence electrons. The molecule has 0 saturated carbocycles. The highest BCUT2D eigenvalue weighted by Crippen LogP contribution is 2.03. The number of aliphatic hydroxyl groups is 2. The summed E-state index contributed by atoms with van der Waals surface area (Å²) in [5, 5.41) is 21.1. The Morgan fingerprint density at radius 2 is 1.61 bits per heavy atom. The molecule has 2 radical (unpaired) electrons. The number of amides is 3. The molecular weight excluding hydrogens is 406 g/mol. The van der Waals surface area contributed by atoms with E-state index in [0.29, 0.717) is 36.6 Å². The van der Waals surface area contributed by atoms with Gasteiger partial charge < -0.3 is 26.9 Å². The minimum absolute atomic E-state index is 0.0213. The average Bonchev–Trinajstić information content (AvgIpc) is 2.69. The molecule has 0 aliphatic rings. The monoisotopic (exact) mass is 437 g/mol. The molecule has 9 N–H and O–H groups in total. The summed E-state index contributed by atoms with van der Waals surface area (Å²) in [6.07, 6.45) is 0.211. The first-order chi connectivity index (χ1) is 13.4. The van der Waals surface area contributed by atoms with Crippen molar-refractivity contribution in [3.8, 4) is 0 Å². The lowest BCUT2D eigenvalue weighted by atomic mass is 10.3. The van der Waals surface area contributed by atoms with Crippen LogP contribution in [0.3, 0.4) is 0 Å². The first-order valence-corrected chi connectivity index (χ1v) is 11.0. The van der Waals surface area contributed by atoms with E-state index < -0.39 is 5.91 Å². The van der Waals surface area contributed by atoms with Crippen LogP contribution in [0.2, 0.25) is 0 Å². The van der Waals surface area contributed by atoms with Crippen molar-refractivity contribution in [2.24, 2.45) is 11.5 Å². The molecule has 28 heavy (non-hydrogen) atoms. The van der Waals surface area contributed by atoms with Crippen LogP contribution < -0.4 is 27.5 Å². The van der Waals surface area contributed by atoms with Crippen molar-refractivity contribution in [3.05, 3.63) is 0 Å². The SMILES string of the molecule is CC(=O)N(CCN[B]PCO)NC(=O)CN.CCN([B]PCO)NC(=O)CN. The second kappa shape index (κ2) is 20.9. The Bertz CT molecular complexity index is 443. The van der Waals surface area contributed by atoms with Crippen LogP contribution >= 0.6 is 16.9 Å². The van der Waals surface area contributed by atoms with Crippen LogP contribution in [0.15, 0.2) is 0 Å². The van der Waals surface area contributed by atoms with Gasteiger partial charge in [0.05, 0.1) is 32.3 Å². The highest BCUT2D eigenvalue weighted by Gasteiger charge is 2.10. The Hall–Kier alpha value is -0.840. The van der Waals surface area contributed by atoms with E-state index in [0.717, 1.165) is 0 Å². The number of hydrazine groups is 2. The van der Waals surface area contributed by atoms with Gasteiger partial charge >= 0.3 is 0 Å². The molecule has 12 nitrogen and oxygen atoms in total. The van der Waals surface area contributed by atoms with Gasteiger partial charge in [0.1, 0.15) is 0 Å². The maximum absolute atomic E-state index is 11.1. The molecule has 0 aromatic carbocycles. The van der Waals surface area contributed by atoms with E-state index in [-0.39, 0.29) is 37.6 Å². The third kappa shape index (κ3) is 18.5. The second-order valence-electron chi connectivity index (χ2n) is 4.89. The molecule has 2 unspecified atom stereocenters. The van der Waals surface area contributed by atoms with Gasteiger partial charge in [-0.3, -0.25) is 35.2 Å². The molecular formula is C12H31B2N7O5P2. The zero-order chi connectivity index (χ0) is 21.8. The molecule has 0 aliphatic carbocycles. The van der Waals surface area contributed by atoms with E-state index in [1.165, 1.54) is 11.9 Å². The number of rotatable bonds is 13. The van der Waals surface area contributed by atoms with Crippen molar-refractivity contribution < 1.29 is 24.6 Å². The highest BCUT2D eigenvalue weighted by atomic mass is 31.1. The van der Waals surface area contributed by atoms with Crippen LogP contribution in [-0.2, 0) is 14.4 Å². The highest BCUT2D eigenvalue weighted by molar-refractivity contribution is 7.70. The maximum Gasteiger partial charge on any atom is 0.269 e. The molecule has 0 bridgehead atoms. The molecule has 0 fully saturated rings. The Kier molecular flexibility index (Phi) is 21.9. The first-order valence-electron chi connectivity index (χ1n) is 8.46. The summed E-state index contributed by atoms with van der Waals surface area (Å²) >= 11 is 0. The van der Waals surface area contributed by atoms with Crippen molar-refractivity contribution in [1.29, 1.82) is 0 Å². The van der Waals surface area contributed by atoms with Gasteiger partial charge in [0, 0.05) is 20.0 Å². The molecule has 0 aromatic rings. The Morgan fingerprint density at radius 1 is 1.04 bits per heavy atom. The average molecular weight is 437 g/mol. The quantitative estimate of drug-likeness (QED) is 0.0654. The number of hydrogen-bond acceptors (Lipinski definition) is 9. The van der Waals surface area contributed by atoms with Crippen LogP contribution in [0.5, 0.6) is 0 Å². The third-order valence-electron chi connectivity index (χ3n) is 2.73. The topological polar surface area (TPSA) is 186 Å². The molecule has 0 aliphatic heterocycles. The summed E-state index contributed by atoms with van der Waals surface area (Å²) in [6.45, 7) is 4.58. The van der Waals surface area contributed by atoms with Gasteiger partial charge in [0.2, 0.25) is 18.9 Å². The van der Waals surface area contributed by atoms with Crippen molar-refractivity contribution >= 4 is 48.9 Å². The minimum Gasteiger partial charge on any atom is -0.393 e. The van der Waals surface area contributed by atoms with E-state index in [1.54, 1.807) is 19.2 Å². The number of carbonyl (C=O) groups is 3. The van der Waals surface area contributed by atoms with Crippen molar-refractivity contribution in [2.75, 3.05) is 45.4 Å². The molecule has 3 amide bonds. The number of nitrogens with zero attached hydrogens (tertiary/aromatic N) is 2. The predicted molar refractivity (Wildman–Crippen MR) is 114 cm³/mol. The van der Waals surface area contributed by atoms with Crippen LogP contribution in [-0.4, -0.2) is 97.6 Å². The van der Waals surface area contributed by atoms with Gasteiger partial charge in [0.15, 0.2) is 0 Å². The Labute approximate surface area is 170 Å². The zero-order valence-corrected chi connectivity index (χ0v) is 18.3. The van der Waals surface area contributed by atoms with Crippen LogP contribution in [0.1, 0.15) is 13.8 Å². The van der Waals surface area contributed by atoms with Crippen molar-refractivity contribution in [2.45, 2.75) is 13.8 Å². The smallest absolute Gasteiger partial charge is 0.269 e. The molecule has 16 heteroatoms. The summed E-state index contributed by atoms with van der Waals surface area (Å²) in [5.41, 5.74) is 15.2. The Balaban J connectivity index is 0. The fraction of sp³-hybridized carbons (Fsp3) is 0.750. The number of carbonyl (C=O) groups excluding carboxylic acids is 3. The van der Waals surface area contributed by atoms with E-state index in [2.05, 4.69) is 16.1 Å². The number of nitrogens with one attached hydrogen (secondary N) is 3. The van der Waals surface area contributed by atoms with E-state index in [1.807, 2.05) is 6.92 Å². The van der Waals surface area contributed by atoms with E-state index in [4.69, 9.17) is 21.7 Å². The largest absolute Gasteiger partial charge is 0.393 e. The molecule has 0 heterocycles. The van der Waals surface area contributed by atoms with Gasteiger partial charge in [-0.15, -0.1) is 16.9 Å². The summed E-state index contributed by atoms with van der Waals surface area (Å²) in [5.74, 6) is -0.888. The van der Waals surface area contributed by atoms with E-state index in [9.17, 15) is 14.4 Å². The lowest BCUT2D eigenvalue weighted by Crippen LogP contribution is -2.49. The number of hydrogen-bond donors (Lipinski definition) is 7. The van der Waals surface area contributed by atoms with Crippen LogP contribution in [0.25, 0.3) is 0 Å². The number of nitrogens with two attached hydrogens (primary N) is 2. The summed E-state index contributed by atoms with van der Waals surface area (Å²) in [6, 6.07) is 0. The first kappa shape index (κ1) is 29.4. The van der Waals surface area contributed by atoms with Crippen LogP contribution in [0, 0.1) is 0 Å². The maximum atomic E-state index is 11.1. The third-order valence-corrected chi connectivity index (χ3v) is 4.00. The van der Waals surface area contributed by atoms with Gasteiger partial charge in [-0.1, -0.05) is 6.92 Å². The summed E-state index contributed by atoms with van der Waals surface area (Å²) in [4.78, 5) is 34.5. The lowest BCUT2D eigenvalue weighted by Gasteiger charge is -2.21. The standard InChI is InChI=1S/C7H17BN4O3P.C5H14BN3O2P/c1-6(14)12(11-7(15)4-9)3-2-10-8-16-5-13;1-2-9(6-12-4-10)8-5(11)3-7/h10,13,16H,2-5,9H2,1H3,(H,11,15);10,12H,2-4,7H2,1H3,(H,8,11). The predicted octanol–water partition coefficient (Wildman–Crippen LogP) is -3.96. The van der Waals surface area contributed by atoms with Crippen molar-refractivity contribution in [1.82, 2.24) is 26.0 Å².